The number of anilines is 1. The second kappa shape index (κ2) is 5.71. The highest BCUT2D eigenvalue weighted by Gasteiger charge is 2.28. The fraction of sp³-hybridized carbons (Fsp3) is 0.474. The van der Waals surface area contributed by atoms with E-state index < -0.39 is 0 Å². The van der Waals surface area contributed by atoms with Crippen LogP contribution in [0.25, 0.3) is 11.1 Å². The molecule has 0 atom stereocenters. The van der Waals surface area contributed by atoms with E-state index in [1.165, 1.54) is 5.56 Å². The predicted octanol–water partition coefficient (Wildman–Crippen LogP) is 3.31. The molecule has 1 heterocycles. The van der Waals surface area contributed by atoms with E-state index >= 15 is 0 Å². The van der Waals surface area contributed by atoms with Crippen LogP contribution in [0.2, 0.25) is 0 Å². The first-order valence-electron chi connectivity index (χ1n) is 8.17. The van der Waals surface area contributed by atoms with Gasteiger partial charge in [-0.25, -0.2) is 0 Å². The molecule has 3 nitrogen and oxygen atoms in total. The van der Waals surface area contributed by atoms with Crippen molar-refractivity contribution >= 4 is 5.69 Å². The topological polar surface area (TPSA) is 37.4 Å². The lowest BCUT2D eigenvalue weighted by atomic mass is 9.92. The van der Waals surface area contributed by atoms with Crippen molar-refractivity contribution in [3.8, 4) is 11.1 Å². The van der Waals surface area contributed by atoms with Gasteiger partial charge in [0.05, 0.1) is 5.56 Å². The molecule has 116 valence electrons. The van der Waals surface area contributed by atoms with Gasteiger partial charge in [-0.2, -0.15) is 0 Å². The van der Waals surface area contributed by atoms with Crippen LogP contribution in [0.1, 0.15) is 45.1 Å². The van der Waals surface area contributed by atoms with Crippen LogP contribution in [0.3, 0.4) is 0 Å². The van der Waals surface area contributed by atoms with Gasteiger partial charge in [-0.15, -0.1) is 0 Å². The van der Waals surface area contributed by atoms with Crippen LogP contribution in [0.5, 0.6) is 0 Å². The lowest BCUT2D eigenvalue weighted by molar-refractivity contribution is 0.437. The molecule has 0 bridgehead atoms. The Morgan fingerprint density at radius 1 is 1.00 bits per heavy atom. The minimum Gasteiger partial charge on any atom is -0.368 e. The fourth-order valence-electron chi connectivity index (χ4n) is 3.22. The third-order valence-corrected chi connectivity index (χ3v) is 4.85. The summed E-state index contributed by atoms with van der Waals surface area (Å²) in [5, 5.41) is 0. The van der Waals surface area contributed by atoms with Crippen LogP contribution < -0.4 is 15.8 Å². The highest BCUT2D eigenvalue weighted by molar-refractivity contribution is 5.82. The molecule has 0 radical (unpaired) electrons. The molecule has 0 N–H and O–H groups in total. The number of piperidine rings is 1. The van der Waals surface area contributed by atoms with Gasteiger partial charge < -0.3 is 4.90 Å². The predicted molar refractivity (Wildman–Crippen MR) is 91.5 cm³/mol. The number of rotatable bonds is 3. The van der Waals surface area contributed by atoms with Crippen molar-refractivity contribution in [2.24, 2.45) is 5.92 Å². The van der Waals surface area contributed by atoms with Gasteiger partial charge in [0, 0.05) is 13.1 Å². The van der Waals surface area contributed by atoms with Crippen LogP contribution in [0, 0.1) is 5.92 Å². The third-order valence-electron chi connectivity index (χ3n) is 4.85. The first-order chi connectivity index (χ1) is 10.5. The van der Waals surface area contributed by atoms with Crippen molar-refractivity contribution < 1.29 is 0 Å². The summed E-state index contributed by atoms with van der Waals surface area (Å²) < 4.78 is 0. The maximum absolute atomic E-state index is 12.1. The van der Waals surface area contributed by atoms with Crippen molar-refractivity contribution in [2.45, 2.75) is 39.5 Å². The molecule has 0 saturated carbocycles. The molecule has 3 rings (SSSR count). The average Bonchev–Trinajstić information content (AvgIpc) is 2.53. The lowest BCUT2D eigenvalue weighted by Crippen LogP contribution is -2.45. The van der Waals surface area contributed by atoms with Crippen LogP contribution >= 0.6 is 0 Å². The standard InChI is InChI=1S/C19H23NO2/c1-12(2)14-4-6-15(7-5-14)16-17(19(22)18(16)21)20-10-8-13(3)9-11-20/h4-7,12-13H,8-11H2,1-3H3. The molecule has 22 heavy (non-hydrogen) atoms. The highest BCUT2D eigenvalue weighted by atomic mass is 16.2. The van der Waals surface area contributed by atoms with Crippen LogP contribution in [-0.2, 0) is 0 Å². The van der Waals surface area contributed by atoms with Gasteiger partial charge in [-0.3, -0.25) is 9.59 Å². The summed E-state index contributed by atoms with van der Waals surface area (Å²) in [6.07, 6.45) is 2.18. The zero-order valence-electron chi connectivity index (χ0n) is 13.6. The molecule has 0 spiro atoms. The Labute approximate surface area is 131 Å². The lowest BCUT2D eigenvalue weighted by Gasteiger charge is -2.33. The van der Waals surface area contributed by atoms with Crippen LogP contribution in [-0.4, -0.2) is 13.1 Å². The minimum atomic E-state index is -0.328. The minimum absolute atomic E-state index is 0.308. The molecule has 2 aromatic carbocycles. The molecule has 0 aromatic heterocycles. The molecule has 1 fully saturated rings. The average molecular weight is 297 g/mol. The summed E-state index contributed by atoms with van der Waals surface area (Å²) in [5.41, 5.74) is 2.76. The Balaban J connectivity index is 1.93. The van der Waals surface area contributed by atoms with E-state index in [1.54, 1.807) is 0 Å². The van der Waals surface area contributed by atoms with Gasteiger partial charge in [-0.1, -0.05) is 45.0 Å². The van der Waals surface area contributed by atoms with Crippen LogP contribution in [0.15, 0.2) is 33.9 Å². The molecule has 1 aliphatic heterocycles. The van der Waals surface area contributed by atoms with Gasteiger partial charge in [-0.05, 0) is 35.8 Å². The van der Waals surface area contributed by atoms with Gasteiger partial charge >= 0.3 is 0 Å². The van der Waals surface area contributed by atoms with E-state index in [1.807, 2.05) is 12.1 Å². The first kappa shape index (κ1) is 15.0. The van der Waals surface area contributed by atoms with Crippen molar-refractivity contribution in [2.75, 3.05) is 18.0 Å². The Bertz CT molecular complexity index is 728. The van der Waals surface area contributed by atoms with E-state index in [-0.39, 0.29) is 10.9 Å². The summed E-state index contributed by atoms with van der Waals surface area (Å²) in [7, 11) is 0. The second-order valence-electron chi connectivity index (χ2n) is 6.83. The molecule has 1 saturated heterocycles. The summed E-state index contributed by atoms with van der Waals surface area (Å²) in [5.74, 6) is 1.17. The smallest absolute Gasteiger partial charge is 0.250 e. The Hall–Kier alpha value is -1.90. The SMILES string of the molecule is CC1CCN(c2c(-c3ccc(C(C)C)cc3)c(=O)c2=O)CC1. The van der Waals surface area contributed by atoms with E-state index in [0.717, 1.165) is 31.5 Å². The maximum Gasteiger partial charge on any atom is 0.250 e. The number of hydrogen-bond donors (Lipinski definition) is 0. The van der Waals surface area contributed by atoms with E-state index in [9.17, 15) is 9.59 Å². The van der Waals surface area contributed by atoms with Gasteiger partial charge in [0.15, 0.2) is 0 Å². The van der Waals surface area contributed by atoms with Gasteiger partial charge in [0.2, 0.25) is 10.9 Å². The van der Waals surface area contributed by atoms with E-state index in [4.69, 9.17) is 0 Å². The Morgan fingerprint density at radius 2 is 1.59 bits per heavy atom. The molecule has 0 aliphatic carbocycles. The molecule has 0 unspecified atom stereocenters. The molecule has 0 amide bonds. The zero-order valence-corrected chi connectivity index (χ0v) is 13.6. The fourth-order valence-corrected chi connectivity index (χ4v) is 3.22. The van der Waals surface area contributed by atoms with Crippen molar-refractivity contribution in [1.29, 1.82) is 0 Å². The molecular formula is C19H23NO2. The summed E-state index contributed by atoms with van der Waals surface area (Å²) in [4.78, 5) is 26.2. The molecule has 1 aliphatic rings. The summed E-state index contributed by atoms with van der Waals surface area (Å²) in [6.45, 7) is 8.29. The van der Waals surface area contributed by atoms with Gasteiger partial charge in [0.25, 0.3) is 0 Å². The first-order valence-corrected chi connectivity index (χ1v) is 8.17. The van der Waals surface area contributed by atoms with Crippen LogP contribution in [0.4, 0.5) is 5.69 Å². The zero-order chi connectivity index (χ0) is 15.9. The molecule has 3 heteroatoms. The number of nitrogens with zero attached hydrogens (tertiary/aromatic N) is 1. The van der Waals surface area contributed by atoms with E-state index in [2.05, 4.69) is 37.8 Å². The Kier molecular flexibility index (Phi) is 3.90. The number of hydrogen-bond acceptors (Lipinski definition) is 3. The monoisotopic (exact) mass is 297 g/mol. The highest BCUT2D eigenvalue weighted by Crippen LogP contribution is 2.30. The van der Waals surface area contributed by atoms with Gasteiger partial charge in [0.1, 0.15) is 5.69 Å². The summed E-state index contributed by atoms with van der Waals surface area (Å²) in [6, 6.07) is 8.06. The summed E-state index contributed by atoms with van der Waals surface area (Å²) >= 11 is 0. The second-order valence-corrected chi connectivity index (χ2v) is 6.83. The maximum atomic E-state index is 12.1. The largest absolute Gasteiger partial charge is 0.368 e. The Morgan fingerprint density at radius 3 is 2.14 bits per heavy atom. The van der Waals surface area contributed by atoms with E-state index in [0.29, 0.717) is 23.1 Å². The van der Waals surface area contributed by atoms with Crippen molar-refractivity contribution in [3.63, 3.8) is 0 Å². The molecular weight excluding hydrogens is 274 g/mol. The normalized spacial score (nSPS) is 16.6. The quantitative estimate of drug-likeness (QED) is 0.816. The number of benzene rings is 1. The third kappa shape index (κ3) is 2.49. The van der Waals surface area contributed by atoms with Crippen molar-refractivity contribution in [1.82, 2.24) is 0 Å². The molecule has 2 aromatic rings. The van der Waals surface area contributed by atoms with Crippen molar-refractivity contribution in [3.05, 3.63) is 50.3 Å².